The lowest BCUT2D eigenvalue weighted by atomic mass is 9.80. The second-order valence-corrected chi connectivity index (χ2v) is 7.81. The Hall–Kier alpha value is -2.67. The monoisotopic (exact) mass is 382 g/mol. The van der Waals surface area contributed by atoms with Crippen molar-refractivity contribution in [2.75, 3.05) is 45.8 Å². The third-order valence-electron chi connectivity index (χ3n) is 5.69. The van der Waals surface area contributed by atoms with Crippen LogP contribution in [-0.2, 0) is 16.8 Å². The third-order valence-corrected chi connectivity index (χ3v) is 5.69. The van der Waals surface area contributed by atoms with Gasteiger partial charge in [-0.3, -0.25) is 4.79 Å². The minimum absolute atomic E-state index is 0.0153. The fourth-order valence-electron chi connectivity index (χ4n) is 4.11. The third kappa shape index (κ3) is 3.09. The van der Waals surface area contributed by atoms with Crippen LogP contribution in [0.3, 0.4) is 0 Å². The first-order chi connectivity index (χ1) is 13.4. The number of methoxy groups -OCH3 is 1. The zero-order valence-electron chi connectivity index (χ0n) is 16.9. The Morgan fingerprint density at radius 3 is 2.89 bits per heavy atom. The number of hydrogen-bond acceptors (Lipinski definition) is 6. The van der Waals surface area contributed by atoms with E-state index in [-0.39, 0.29) is 11.3 Å². The number of carbonyl (C=O) groups is 1. The van der Waals surface area contributed by atoms with E-state index in [2.05, 4.69) is 4.98 Å². The maximum atomic E-state index is 13.1. The van der Waals surface area contributed by atoms with Crippen molar-refractivity contribution in [3.8, 4) is 5.75 Å². The summed E-state index contributed by atoms with van der Waals surface area (Å²) in [6.07, 6.45) is 0.832. The summed E-state index contributed by atoms with van der Waals surface area (Å²) in [7, 11) is 5.50. The molecular formula is C21H26N4O3. The summed E-state index contributed by atoms with van der Waals surface area (Å²) in [5.74, 6) is 1.40. The van der Waals surface area contributed by atoms with Crippen LogP contribution < -0.4 is 9.64 Å². The van der Waals surface area contributed by atoms with Gasteiger partial charge >= 0.3 is 0 Å². The van der Waals surface area contributed by atoms with Crippen LogP contribution in [0.2, 0.25) is 0 Å². The Labute approximate surface area is 165 Å². The Balaban J connectivity index is 1.66. The number of aryl methyl sites for hydroxylation is 1. The molecule has 2 aromatic rings. The molecule has 0 bridgehead atoms. The van der Waals surface area contributed by atoms with E-state index in [9.17, 15) is 4.79 Å². The minimum atomic E-state index is -0.277. The predicted molar refractivity (Wildman–Crippen MR) is 106 cm³/mol. The molecule has 1 aromatic heterocycles. The van der Waals surface area contributed by atoms with Gasteiger partial charge in [0.2, 0.25) is 5.95 Å². The molecule has 1 spiro atoms. The second-order valence-electron chi connectivity index (χ2n) is 7.81. The van der Waals surface area contributed by atoms with Gasteiger partial charge in [0.15, 0.2) is 0 Å². The van der Waals surface area contributed by atoms with Gasteiger partial charge < -0.3 is 19.3 Å². The van der Waals surface area contributed by atoms with Crippen LogP contribution in [0.5, 0.6) is 5.75 Å². The van der Waals surface area contributed by atoms with Crippen molar-refractivity contribution in [3.63, 3.8) is 0 Å². The molecular weight excluding hydrogens is 356 g/mol. The zero-order chi connectivity index (χ0) is 19.9. The molecule has 7 nitrogen and oxygen atoms in total. The summed E-state index contributed by atoms with van der Waals surface area (Å²) < 4.78 is 11.2. The molecule has 0 unspecified atom stereocenters. The van der Waals surface area contributed by atoms with Crippen LogP contribution in [0, 0.1) is 6.92 Å². The fourth-order valence-corrected chi connectivity index (χ4v) is 4.11. The summed E-state index contributed by atoms with van der Waals surface area (Å²) in [6, 6.07) is 7.31. The van der Waals surface area contributed by atoms with Gasteiger partial charge in [0, 0.05) is 44.0 Å². The minimum Gasteiger partial charge on any atom is -0.497 e. The highest BCUT2D eigenvalue weighted by molar-refractivity contribution is 5.95. The highest BCUT2D eigenvalue weighted by atomic mass is 16.5. The average molecular weight is 382 g/mol. The van der Waals surface area contributed by atoms with Crippen molar-refractivity contribution < 1.29 is 14.3 Å². The van der Waals surface area contributed by atoms with Crippen molar-refractivity contribution in [1.29, 1.82) is 0 Å². The van der Waals surface area contributed by atoms with Crippen molar-refractivity contribution >= 4 is 11.9 Å². The number of aromatic nitrogens is 2. The van der Waals surface area contributed by atoms with Gasteiger partial charge in [0.25, 0.3) is 5.91 Å². The molecule has 7 heteroatoms. The van der Waals surface area contributed by atoms with Crippen LogP contribution >= 0.6 is 0 Å². The van der Waals surface area contributed by atoms with Gasteiger partial charge in [0.05, 0.1) is 31.4 Å². The quantitative estimate of drug-likeness (QED) is 0.811. The first kappa shape index (κ1) is 18.7. The molecule has 28 heavy (non-hydrogen) atoms. The number of rotatable bonds is 3. The van der Waals surface area contributed by atoms with E-state index in [0.717, 1.165) is 23.4 Å². The van der Waals surface area contributed by atoms with Crippen molar-refractivity contribution in [1.82, 2.24) is 14.9 Å². The fraction of sp³-hybridized carbons (Fsp3) is 0.476. The number of hydrogen-bond donors (Lipinski definition) is 0. The standard InChI is InChI=1S/C21H26N4O3/c1-14-17-11-28-13-21(18(17)23-20(22-14)24(2)3)8-9-25(12-21)19(26)15-6-5-7-16(10-15)27-4/h5-7,10H,8-9,11-13H2,1-4H3/t21-/m0/s1. The molecule has 148 valence electrons. The molecule has 0 N–H and O–H groups in total. The average Bonchev–Trinajstić information content (AvgIpc) is 3.12. The Bertz CT molecular complexity index is 915. The van der Waals surface area contributed by atoms with Gasteiger partial charge in [0.1, 0.15) is 5.75 Å². The van der Waals surface area contributed by atoms with E-state index in [1.165, 1.54) is 0 Å². The highest BCUT2D eigenvalue weighted by Crippen LogP contribution is 2.40. The summed E-state index contributed by atoms with van der Waals surface area (Å²) in [5.41, 5.74) is 3.41. The first-order valence-electron chi connectivity index (χ1n) is 9.50. The number of benzene rings is 1. The molecule has 1 atom stereocenters. The number of carbonyl (C=O) groups excluding carboxylic acids is 1. The SMILES string of the molecule is COc1cccc(C(=O)N2CC[C@@]3(COCc4c(C)nc(N(C)C)nc43)C2)c1. The van der Waals surface area contributed by atoms with E-state index in [1.807, 2.05) is 49.0 Å². The van der Waals surface area contributed by atoms with E-state index in [1.54, 1.807) is 13.2 Å². The summed E-state index contributed by atoms with van der Waals surface area (Å²) in [6.45, 7) is 4.38. The number of fused-ring (bicyclic) bond motifs is 2. The highest BCUT2D eigenvalue weighted by Gasteiger charge is 2.47. The van der Waals surface area contributed by atoms with Gasteiger partial charge in [-0.15, -0.1) is 0 Å². The van der Waals surface area contributed by atoms with Crippen LogP contribution in [-0.4, -0.2) is 61.7 Å². The smallest absolute Gasteiger partial charge is 0.254 e. The predicted octanol–water partition coefficient (Wildman–Crippen LogP) is 2.17. The number of likely N-dealkylation sites (tertiary alicyclic amines) is 1. The lowest BCUT2D eigenvalue weighted by molar-refractivity contribution is 0.0480. The number of amides is 1. The van der Waals surface area contributed by atoms with Crippen molar-refractivity contribution in [2.24, 2.45) is 0 Å². The number of anilines is 1. The van der Waals surface area contributed by atoms with Gasteiger partial charge in [-0.25, -0.2) is 9.97 Å². The number of nitrogens with zero attached hydrogens (tertiary/aromatic N) is 4. The van der Waals surface area contributed by atoms with Crippen LogP contribution in [0.25, 0.3) is 0 Å². The molecule has 0 aliphatic carbocycles. The molecule has 0 saturated carbocycles. The van der Waals surface area contributed by atoms with E-state index >= 15 is 0 Å². The number of ether oxygens (including phenoxy) is 2. The van der Waals surface area contributed by atoms with Gasteiger partial charge in [-0.05, 0) is 31.5 Å². The first-order valence-corrected chi connectivity index (χ1v) is 9.50. The lowest BCUT2D eigenvalue weighted by Gasteiger charge is -2.35. The second kappa shape index (κ2) is 7.05. The molecule has 0 radical (unpaired) electrons. The summed E-state index contributed by atoms with van der Waals surface area (Å²) in [4.78, 5) is 26.4. The lowest BCUT2D eigenvalue weighted by Crippen LogP contribution is -2.42. The van der Waals surface area contributed by atoms with Gasteiger partial charge in [-0.2, -0.15) is 0 Å². The van der Waals surface area contributed by atoms with E-state index in [4.69, 9.17) is 14.5 Å². The molecule has 1 fully saturated rings. The van der Waals surface area contributed by atoms with Crippen LogP contribution in [0.1, 0.15) is 33.7 Å². The molecule has 2 aliphatic heterocycles. The van der Waals surface area contributed by atoms with Gasteiger partial charge in [-0.1, -0.05) is 6.07 Å². The van der Waals surface area contributed by atoms with Crippen molar-refractivity contribution in [3.05, 3.63) is 46.8 Å². The Morgan fingerprint density at radius 2 is 2.14 bits per heavy atom. The van der Waals surface area contributed by atoms with E-state index in [0.29, 0.717) is 43.6 Å². The maximum absolute atomic E-state index is 13.1. The molecule has 1 saturated heterocycles. The van der Waals surface area contributed by atoms with Crippen LogP contribution in [0.4, 0.5) is 5.95 Å². The maximum Gasteiger partial charge on any atom is 0.254 e. The molecule has 4 rings (SSSR count). The summed E-state index contributed by atoms with van der Waals surface area (Å²) in [5, 5.41) is 0. The largest absolute Gasteiger partial charge is 0.497 e. The van der Waals surface area contributed by atoms with Crippen molar-refractivity contribution in [2.45, 2.75) is 25.4 Å². The molecule has 1 aromatic carbocycles. The molecule has 3 heterocycles. The summed E-state index contributed by atoms with van der Waals surface area (Å²) >= 11 is 0. The van der Waals surface area contributed by atoms with E-state index < -0.39 is 0 Å². The molecule has 2 aliphatic rings. The Morgan fingerprint density at radius 1 is 1.32 bits per heavy atom. The topological polar surface area (TPSA) is 67.8 Å². The Kier molecular flexibility index (Phi) is 4.71. The zero-order valence-corrected chi connectivity index (χ0v) is 16.9. The molecule has 1 amide bonds. The van der Waals surface area contributed by atoms with Crippen LogP contribution in [0.15, 0.2) is 24.3 Å². The normalized spacial score (nSPS) is 20.9.